The van der Waals surface area contributed by atoms with Gasteiger partial charge in [-0.3, -0.25) is 0 Å². The Morgan fingerprint density at radius 3 is 1.53 bits per heavy atom. The van der Waals surface area contributed by atoms with Crippen LogP contribution in [0.4, 0.5) is 34.1 Å². The number of rotatable bonds is 8. The number of para-hydroxylation sites is 1. The standard InChI is InChI=1S/C64H42N2S2/c1-3-12-43(13-4-1)44-22-28-48(29-23-44)51-32-37-59-63(41-51)68-64-42-54(65(52-16-5-2-6-17-52)58-20-11-15-49-14-7-8-18-55(49)58)36-38-60(64)66(59)53-34-30-46(31-35-53)45-24-26-47(27-25-45)50-33-39-62-57(40-50)56-19-9-10-21-61(56)67-62/h1-42H. The Bertz CT molecular complexity index is 3800. The molecule has 0 amide bonds. The van der Waals surface area contributed by atoms with E-state index in [0.717, 1.165) is 28.4 Å². The molecule has 0 radical (unpaired) electrons. The zero-order valence-corrected chi connectivity index (χ0v) is 38.6. The van der Waals surface area contributed by atoms with Crippen LogP contribution in [-0.2, 0) is 0 Å². The van der Waals surface area contributed by atoms with E-state index in [2.05, 4.69) is 265 Å². The summed E-state index contributed by atoms with van der Waals surface area (Å²) in [4.78, 5) is 7.25. The predicted molar refractivity (Wildman–Crippen MR) is 292 cm³/mol. The van der Waals surface area contributed by atoms with Crippen LogP contribution >= 0.6 is 23.1 Å². The second kappa shape index (κ2) is 16.9. The molecule has 0 aliphatic carbocycles. The number of fused-ring (bicyclic) bond motifs is 6. The highest BCUT2D eigenvalue weighted by Gasteiger charge is 2.27. The molecule has 0 saturated heterocycles. The molecular formula is C64H42N2S2. The van der Waals surface area contributed by atoms with Gasteiger partial charge in [0.15, 0.2) is 0 Å². The topological polar surface area (TPSA) is 6.48 Å². The Labute approximate surface area is 404 Å². The Balaban J connectivity index is 0.879. The first kappa shape index (κ1) is 40.2. The van der Waals surface area contributed by atoms with Gasteiger partial charge in [0.05, 0.1) is 17.1 Å². The van der Waals surface area contributed by atoms with Crippen LogP contribution in [0, 0.1) is 0 Å². The maximum Gasteiger partial charge on any atom is 0.0603 e. The fraction of sp³-hybridized carbons (Fsp3) is 0. The van der Waals surface area contributed by atoms with Crippen LogP contribution in [0.1, 0.15) is 0 Å². The van der Waals surface area contributed by atoms with Crippen molar-refractivity contribution in [3.05, 3.63) is 255 Å². The van der Waals surface area contributed by atoms with E-state index in [4.69, 9.17) is 0 Å². The summed E-state index contributed by atoms with van der Waals surface area (Å²) >= 11 is 3.71. The second-order valence-corrected chi connectivity index (χ2v) is 19.5. The van der Waals surface area contributed by atoms with Gasteiger partial charge < -0.3 is 9.80 Å². The minimum atomic E-state index is 1.11. The van der Waals surface area contributed by atoms with E-state index >= 15 is 0 Å². The molecule has 12 aromatic rings. The largest absolute Gasteiger partial charge is 0.310 e. The summed E-state index contributed by atoms with van der Waals surface area (Å²) < 4.78 is 2.66. The quantitative estimate of drug-likeness (QED) is 0.150. The summed E-state index contributed by atoms with van der Waals surface area (Å²) in [6.07, 6.45) is 0. The van der Waals surface area contributed by atoms with Gasteiger partial charge in [0, 0.05) is 52.4 Å². The van der Waals surface area contributed by atoms with Crippen molar-refractivity contribution in [2.24, 2.45) is 0 Å². The first-order valence-electron chi connectivity index (χ1n) is 23.1. The summed E-state index contributed by atoms with van der Waals surface area (Å²) in [6.45, 7) is 0. The summed E-state index contributed by atoms with van der Waals surface area (Å²) in [7, 11) is 0. The van der Waals surface area contributed by atoms with E-state index in [-0.39, 0.29) is 0 Å². The molecule has 68 heavy (non-hydrogen) atoms. The molecule has 2 heterocycles. The lowest BCUT2D eigenvalue weighted by Crippen LogP contribution is -2.16. The maximum atomic E-state index is 2.44. The molecule has 0 unspecified atom stereocenters. The molecule has 11 aromatic carbocycles. The number of hydrogen-bond acceptors (Lipinski definition) is 4. The van der Waals surface area contributed by atoms with Crippen molar-refractivity contribution in [2.45, 2.75) is 9.79 Å². The molecule has 13 rings (SSSR count). The molecule has 0 spiro atoms. The predicted octanol–water partition coefficient (Wildman–Crippen LogP) is 19.3. The van der Waals surface area contributed by atoms with E-state index < -0.39 is 0 Å². The van der Waals surface area contributed by atoms with Gasteiger partial charge in [0.25, 0.3) is 0 Å². The third kappa shape index (κ3) is 7.23. The molecule has 1 aliphatic heterocycles. The van der Waals surface area contributed by atoms with Crippen LogP contribution in [0.15, 0.2) is 265 Å². The van der Waals surface area contributed by atoms with Crippen molar-refractivity contribution in [3.8, 4) is 44.5 Å². The van der Waals surface area contributed by atoms with Crippen molar-refractivity contribution in [1.29, 1.82) is 0 Å². The van der Waals surface area contributed by atoms with Gasteiger partial charge in [0.1, 0.15) is 0 Å². The van der Waals surface area contributed by atoms with Crippen LogP contribution in [-0.4, -0.2) is 0 Å². The SMILES string of the molecule is c1ccc(-c2ccc(-c3ccc4c(c3)Sc3cc(N(c5ccccc5)c5cccc6ccccc56)ccc3N4c3ccc(-c4ccc(-c5ccc6sc7ccccc7c6c5)cc4)cc3)cc2)cc1. The average molecular weight is 903 g/mol. The third-order valence-corrected chi connectivity index (χ3v) is 15.5. The second-order valence-electron chi connectivity index (χ2n) is 17.3. The number of thiophene rings is 1. The molecule has 4 heteroatoms. The Hall–Kier alpha value is -8.15. The third-order valence-electron chi connectivity index (χ3n) is 13.3. The van der Waals surface area contributed by atoms with Crippen molar-refractivity contribution in [2.75, 3.05) is 9.80 Å². The summed E-state index contributed by atoms with van der Waals surface area (Å²) in [6, 6.07) is 93.2. The Morgan fingerprint density at radius 1 is 0.309 bits per heavy atom. The van der Waals surface area contributed by atoms with Gasteiger partial charge in [-0.2, -0.15) is 0 Å². The van der Waals surface area contributed by atoms with Crippen LogP contribution in [0.2, 0.25) is 0 Å². The lowest BCUT2D eigenvalue weighted by Gasteiger charge is -2.35. The fourth-order valence-electron chi connectivity index (χ4n) is 9.85. The minimum absolute atomic E-state index is 1.11. The minimum Gasteiger partial charge on any atom is -0.310 e. The van der Waals surface area contributed by atoms with Crippen LogP contribution in [0.3, 0.4) is 0 Å². The zero-order chi connectivity index (χ0) is 45.0. The van der Waals surface area contributed by atoms with E-state index in [9.17, 15) is 0 Å². The monoisotopic (exact) mass is 902 g/mol. The fourth-order valence-corrected chi connectivity index (χ4v) is 12.1. The molecule has 0 bridgehead atoms. The molecule has 0 atom stereocenters. The van der Waals surface area contributed by atoms with Crippen molar-refractivity contribution in [1.82, 2.24) is 0 Å². The smallest absolute Gasteiger partial charge is 0.0603 e. The lowest BCUT2D eigenvalue weighted by molar-refractivity contribution is 1.16. The number of hydrogen-bond donors (Lipinski definition) is 0. The molecule has 2 nitrogen and oxygen atoms in total. The first-order chi connectivity index (χ1) is 33.7. The van der Waals surface area contributed by atoms with Crippen molar-refractivity contribution >= 4 is 88.2 Å². The van der Waals surface area contributed by atoms with Gasteiger partial charge in [-0.25, -0.2) is 0 Å². The zero-order valence-electron chi connectivity index (χ0n) is 37.0. The van der Waals surface area contributed by atoms with Gasteiger partial charge in [0.2, 0.25) is 0 Å². The van der Waals surface area contributed by atoms with E-state index in [1.807, 2.05) is 23.1 Å². The highest BCUT2D eigenvalue weighted by atomic mass is 32.2. The van der Waals surface area contributed by atoms with E-state index in [1.165, 1.54) is 90.9 Å². The summed E-state index contributed by atoms with van der Waals surface area (Å²) in [5, 5.41) is 5.08. The van der Waals surface area contributed by atoms with Crippen LogP contribution in [0.25, 0.3) is 75.5 Å². The van der Waals surface area contributed by atoms with Gasteiger partial charge in [-0.1, -0.05) is 188 Å². The Kier molecular flexibility index (Phi) is 10.00. The lowest BCUT2D eigenvalue weighted by atomic mass is 9.98. The maximum absolute atomic E-state index is 2.44. The van der Waals surface area contributed by atoms with E-state index in [0.29, 0.717) is 0 Å². The summed E-state index contributed by atoms with van der Waals surface area (Å²) in [5.74, 6) is 0. The van der Waals surface area contributed by atoms with Crippen LogP contribution < -0.4 is 9.80 Å². The number of benzene rings is 11. The van der Waals surface area contributed by atoms with Gasteiger partial charge in [-0.05, 0) is 129 Å². The molecule has 1 aromatic heterocycles. The van der Waals surface area contributed by atoms with Crippen LogP contribution in [0.5, 0.6) is 0 Å². The Morgan fingerprint density at radius 2 is 0.809 bits per heavy atom. The normalized spacial score (nSPS) is 12.0. The van der Waals surface area contributed by atoms with Crippen molar-refractivity contribution < 1.29 is 0 Å². The highest BCUT2D eigenvalue weighted by molar-refractivity contribution is 7.99. The molecule has 1 aliphatic rings. The first-order valence-corrected chi connectivity index (χ1v) is 24.7. The molecule has 0 saturated carbocycles. The molecular weight excluding hydrogens is 861 g/mol. The van der Waals surface area contributed by atoms with Crippen molar-refractivity contribution in [3.63, 3.8) is 0 Å². The molecule has 0 fully saturated rings. The van der Waals surface area contributed by atoms with Gasteiger partial charge in [-0.15, -0.1) is 11.3 Å². The molecule has 0 N–H and O–H groups in total. The average Bonchev–Trinajstić information content (AvgIpc) is 3.79. The summed E-state index contributed by atoms with van der Waals surface area (Å²) in [5.41, 5.74) is 16.5. The van der Waals surface area contributed by atoms with Gasteiger partial charge >= 0.3 is 0 Å². The molecule has 320 valence electrons. The highest BCUT2D eigenvalue weighted by Crippen LogP contribution is 2.54. The number of nitrogens with zero attached hydrogens (tertiary/aromatic N) is 2. The van der Waals surface area contributed by atoms with E-state index in [1.54, 1.807) is 0 Å². The number of anilines is 6.